The van der Waals surface area contributed by atoms with E-state index in [4.69, 9.17) is 9.73 Å². The van der Waals surface area contributed by atoms with Gasteiger partial charge in [-0.25, -0.2) is 12.7 Å². The Balaban J connectivity index is 1.82. The number of aliphatic imine (C=N–C) groups is 1. The standard InChI is InChI=1S/C20H34N4O3S/c1-5-21-20(22-11-8-17-7-6-16(2)19(14-17)27-3)23-15-18-9-12-24(13-10-18)28(4,25)26/h6-7,14,18H,5,8-13,15H2,1-4H3,(H2,21,22,23). The van der Waals surface area contributed by atoms with E-state index in [0.717, 1.165) is 49.6 Å². The third-order valence-electron chi connectivity index (χ3n) is 5.07. The summed E-state index contributed by atoms with van der Waals surface area (Å²) >= 11 is 0. The van der Waals surface area contributed by atoms with Crippen molar-refractivity contribution in [1.29, 1.82) is 0 Å². The number of benzene rings is 1. The van der Waals surface area contributed by atoms with E-state index in [1.807, 2.05) is 13.8 Å². The van der Waals surface area contributed by atoms with E-state index in [2.05, 4.69) is 28.8 Å². The molecule has 0 aromatic heterocycles. The summed E-state index contributed by atoms with van der Waals surface area (Å²) in [6.07, 6.45) is 3.88. The smallest absolute Gasteiger partial charge is 0.211 e. The molecule has 0 atom stereocenters. The van der Waals surface area contributed by atoms with Crippen molar-refractivity contribution < 1.29 is 13.2 Å². The fourth-order valence-electron chi connectivity index (χ4n) is 3.33. The van der Waals surface area contributed by atoms with Crippen LogP contribution in [0.5, 0.6) is 5.75 Å². The fraction of sp³-hybridized carbons (Fsp3) is 0.650. The first-order chi connectivity index (χ1) is 13.3. The molecule has 1 aliphatic heterocycles. The molecule has 2 rings (SSSR count). The zero-order chi connectivity index (χ0) is 20.6. The monoisotopic (exact) mass is 410 g/mol. The second kappa shape index (κ2) is 10.7. The number of hydrogen-bond donors (Lipinski definition) is 2. The summed E-state index contributed by atoms with van der Waals surface area (Å²) in [7, 11) is -1.38. The quantitative estimate of drug-likeness (QED) is 0.504. The van der Waals surface area contributed by atoms with Crippen LogP contribution >= 0.6 is 0 Å². The number of hydrogen-bond acceptors (Lipinski definition) is 4. The molecular weight excluding hydrogens is 376 g/mol. The van der Waals surface area contributed by atoms with Gasteiger partial charge in [0.05, 0.1) is 13.4 Å². The Hall–Kier alpha value is -1.80. The molecule has 1 fully saturated rings. The van der Waals surface area contributed by atoms with Gasteiger partial charge in [-0.15, -0.1) is 0 Å². The number of rotatable bonds is 8. The van der Waals surface area contributed by atoms with Crippen molar-refractivity contribution in [2.24, 2.45) is 10.9 Å². The van der Waals surface area contributed by atoms with Crippen LogP contribution in [0.25, 0.3) is 0 Å². The van der Waals surface area contributed by atoms with Crippen molar-refractivity contribution in [1.82, 2.24) is 14.9 Å². The number of nitrogens with one attached hydrogen (secondary N) is 2. The third kappa shape index (κ3) is 6.98. The molecule has 7 nitrogen and oxygen atoms in total. The molecule has 158 valence electrons. The number of guanidine groups is 1. The van der Waals surface area contributed by atoms with Gasteiger partial charge in [0, 0.05) is 32.7 Å². The van der Waals surface area contributed by atoms with Crippen LogP contribution in [-0.2, 0) is 16.4 Å². The number of nitrogens with zero attached hydrogens (tertiary/aromatic N) is 2. The lowest BCUT2D eigenvalue weighted by Crippen LogP contribution is -2.40. The summed E-state index contributed by atoms with van der Waals surface area (Å²) in [6, 6.07) is 6.28. The first-order valence-electron chi connectivity index (χ1n) is 9.94. The Morgan fingerprint density at radius 2 is 2.00 bits per heavy atom. The second-order valence-electron chi connectivity index (χ2n) is 7.31. The van der Waals surface area contributed by atoms with Gasteiger partial charge in [-0.3, -0.25) is 4.99 Å². The molecule has 1 aromatic rings. The third-order valence-corrected chi connectivity index (χ3v) is 6.38. The molecule has 28 heavy (non-hydrogen) atoms. The molecule has 8 heteroatoms. The van der Waals surface area contributed by atoms with Crippen LogP contribution < -0.4 is 15.4 Å². The first kappa shape index (κ1) is 22.5. The van der Waals surface area contributed by atoms with Crippen LogP contribution in [-0.4, -0.2) is 64.8 Å². The lowest BCUT2D eigenvalue weighted by Gasteiger charge is -2.29. The summed E-state index contributed by atoms with van der Waals surface area (Å²) in [4.78, 5) is 4.71. The largest absolute Gasteiger partial charge is 0.496 e. The van der Waals surface area contributed by atoms with E-state index >= 15 is 0 Å². The van der Waals surface area contributed by atoms with Crippen molar-refractivity contribution in [3.05, 3.63) is 29.3 Å². The zero-order valence-electron chi connectivity index (χ0n) is 17.5. The Kier molecular flexibility index (Phi) is 8.57. The molecule has 0 bridgehead atoms. The van der Waals surface area contributed by atoms with Crippen LogP contribution in [0.2, 0.25) is 0 Å². The molecule has 1 aromatic carbocycles. The highest BCUT2D eigenvalue weighted by Crippen LogP contribution is 2.20. The van der Waals surface area contributed by atoms with Crippen molar-refractivity contribution in [3.63, 3.8) is 0 Å². The normalized spacial score (nSPS) is 16.8. The van der Waals surface area contributed by atoms with E-state index < -0.39 is 10.0 Å². The number of aryl methyl sites for hydroxylation is 1. The topological polar surface area (TPSA) is 83.0 Å². The van der Waals surface area contributed by atoms with Gasteiger partial charge in [0.1, 0.15) is 5.75 Å². The van der Waals surface area contributed by atoms with Gasteiger partial charge in [0.15, 0.2) is 5.96 Å². The number of piperidine rings is 1. The molecule has 1 heterocycles. The maximum Gasteiger partial charge on any atom is 0.211 e. The summed E-state index contributed by atoms with van der Waals surface area (Å²) in [5, 5.41) is 6.67. The highest BCUT2D eigenvalue weighted by Gasteiger charge is 2.24. The van der Waals surface area contributed by atoms with Crippen LogP contribution in [0.15, 0.2) is 23.2 Å². The SMILES string of the molecule is CCNC(=NCC1CCN(S(C)(=O)=O)CC1)NCCc1ccc(C)c(OC)c1. The molecule has 1 aliphatic rings. The molecule has 0 spiro atoms. The van der Waals surface area contributed by atoms with E-state index in [1.54, 1.807) is 11.4 Å². The molecule has 0 unspecified atom stereocenters. The molecule has 2 N–H and O–H groups in total. The van der Waals surface area contributed by atoms with E-state index in [1.165, 1.54) is 11.8 Å². The number of methoxy groups -OCH3 is 1. The van der Waals surface area contributed by atoms with Gasteiger partial charge in [-0.2, -0.15) is 0 Å². The second-order valence-corrected chi connectivity index (χ2v) is 9.29. The predicted molar refractivity (Wildman–Crippen MR) is 115 cm³/mol. The van der Waals surface area contributed by atoms with Crippen molar-refractivity contribution in [2.75, 3.05) is 46.1 Å². The summed E-state index contributed by atoms with van der Waals surface area (Å²) < 4.78 is 30.2. The minimum absolute atomic E-state index is 0.426. The average Bonchev–Trinajstić information content (AvgIpc) is 2.67. The maximum atomic E-state index is 11.6. The minimum Gasteiger partial charge on any atom is -0.496 e. The Morgan fingerprint density at radius 1 is 1.29 bits per heavy atom. The Labute approximate surface area is 169 Å². The summed E-state index contributed by atoms with van der Waals surface area (Å²) in [6.45, 7) is 7.58. The molecule has 0 amide bonds. The van der Waals surface area contributed by atoms with Crippen LogP contribution in [0, 0.1) is 12.8 Å². The number of ether oxygens (including phenoxy) is 1. The van der Waals surface area contributed by atoms with Crippen molar-refractivity contribution >= 4 is 16.0 Å². The van der Waals surface area contributed by atoms with Gasteiger partial charge in [0.2, 0.25) is 10.0 Å². The zero-order valence-corrected chi connectivity index (χ0v) is 18.3. The predicted octanol–water partition coefficient (Wildman–Crippen LogP) is 1.77. The minimum atomic E-state index is -3.07. The Bertz CT molecular complexity index is 757. The Morgan fingerprint density at radius 3 is 2.61 bits per heavy atom. The molecule has 0 radical (unpaired) electrons. The average molecular weight is 411 g/mol. The van der Waals surface area contributed by atoms with E-state index in [0.29, 0.717) is 25.6 Å². The summed E-state index contributed by atoms with van der Waals surface area (Å²) in [5.74, 6) is 2.15. The highest BCUT2D eigenvalue weighted by molar-refractivity contribution is 7.88. The molecular formula is C20H34N4O3S. The first-order valence-corrected chi connectivity index (χ1v) is 11.8. The van der Waals surface area contributed by atoms with Crippen LogP contribution in [0.1, 0.15) is 30.9 Å². The fourth-order valence-corrected chi connectivity index (χ4v) is 4.20. The maximum absolute atomic E-state index is 11.6. The highest BCUT2D eigenvalue weighted by atomic mass is 32.2. The molecule has 0 saturated carbocycles. The van der Waals surface area contributed by atoms with E-state index in [9.17, 15) is 8.42 Å². The van der Waals surface area contributed by atoms with Gasteiger partial charge in [0.25, 0.3) is 0 Å². The lowest BCUT2D eigenvalue weighted by molar-refractivity contribution is 0.280. The van der Waals surface area contributed by atoms with Crippen molar-refractivity contribution in [3.8, 4) is 5.75 Å². The molecule has 0 aliphatic carbocycles. The van der Waals surface area contributed by atoms with Crippen molar-refractivity contribution in [2.45, 2.75) is 33.1 Å². The van der Waals surface area contributed by atoms with Gasteiger partial charge in [-0.05, 0) is 56.2 Å². The van der Waals surface area contributed by atoms with Gasteiger partial charge < -0.3 is 15.4 Å². The van der Waals surface area contributed by atoms with Crippen LogP contribution in [0.4, 0.5) is 0 Å². The van der Waals surface area contributed by atoms with Gasteiger partial charge in [-0.1, -0.05) is 12.1 Å². The van der Waals surface area contributed by atoms with Crippen LogP contribution in [0.3, 0.4) is 0 Å². The van der Waals surface area contributed by atoms with E-state index in [-0.39, 0.29) is 0 Å². The van der Waals surface area contributed by atoms with Gasteiger partial charge >= 0.3 is 0 Å². The summed E-state index contributed by atoms with van der Waals surface area (Å²) in [5.41, 5.74) is 2.36. The lowest BCUT2D eigenvalue weighted by atomic mass is 9.98. The number of sulfonamides is 1. The molecule has 1 saturated heterocycles.